The normalized spacial score (nSPS) is 13.7. The number of aromatic nitrogens is 4. The molecule has 5 nitrogen and oxygen atoms in total. The second-order valence-corrected chi connectivity index (χ2v) is 4.84. The third kappa shape index (κ3) is 1.72. The van der Waals surface area contributed by atoms with E-state index < -0.39 is 0 Å². The number of nitrogens with one attached hydrogen (secondary N) is 1. The molecule has 1 aliphatic carbocycles. The molecule has 2 aromatic heterocycles. The van der Waals surface area contributed by atoms with Crippen molar-refractivity contribution in [3.63, 3.8) is 0 Å². The molecule has 2 heterocycles. The van der Waals surface area contributed by atoms with E-state index in [0.717, 1.165) is 36.5 Å². The lowest BCUT2D eigenvalue weighted by Gasteiger charge is -2.12. The fourth-order valence-corrected chi connectivity index (χ4v) is 2.62. The van der Waals surface area contributed by atoms with Gasteiger partial charge in [-0.2, -0.15) is 14.6 Å². The van der Waals surface area contributed by atoms with Crippen LogP contribution in [-0.4, -0.2) is 19.6 Å². The quantitative estimate of drug-likeness (QED) is 0.776. The predicted octanol–water partition coefficient (Wildman–Crippen LogP) is 2.50. The van der Waals surface area contributed by atoms with Gasteiger partial charge in [0.25, 0.3) is 5.78 Å². The van der Waals surface area contributed by atoms with Gasteiger partial charge in [0, 0.05) is 11.3 Å². The van der Waals surface area contributed by atoms with Crippen LogP contribution >= 0.6 is 0 Å². The van der Waals surface area contributed by atoms with Crippen molar-refractivity contribution in [3.8, 4) is 0 Å². The first-order valence-electron chi connectivity index (χ1n) is 6.55. The Morgan fingerprint density at radius 3 is 2.85 bits per heavy atom. The molecule has 0 unspecified atom stereocenters. The highest BCUT2D eigenvalue weighted by Crippen LogP contribution is 2.29. The lowest BCUT2D eigenvalue weighted by atomic mass is 10.2. The monoisotopic (exact) mass is 269 g/mol. The van der Waals surface area contributed by atoms with E-state index in [1.807, 2.05) is 0 Å². The van der Waals surface area contributed by atoms with Crippen molar-refractivity contribution in [1.82, 2.24) is 19.6 Å². The minimum absolute atomic E-state index is 0.249. The molecule has 0 spiro atoms. The third-order valence-electron chi connectivity index (χ3n) is 3.56. The fourth-order valence-electron chi connectivity index (χ4n) is 2.62. The molecule has 6 heteroatoms. The topological polar surface area (TPSA) is 55.1 Å². The third-order valence-corrected chi connectivity index (χ3v) is 3.56. The van der Waals surface area contributed by atoms with Gasteiger partial charge in [-0.05, 0) is 43.5 Å². The Bertz CT molecular complexity index is 778. The Morgan fingerprint density at radius 2 is 2.00 bits per heavy atom. The first-order valence-corrected chi connectivity index (χ1v) is 6.55. The van der Waals surface area contributed by atoms with E-state index in [2.05, 4.69) is 20.4 Å². The first-order chi connectivity index (χ1) is 9.81. The lowest BCUT2D eigenvalue weighted by molar-refractivity contribution is 0.628. The summed E-state index contributed by atoms with van der Waals surface area (Å²) in [7, 11) is 0. The fraction of sp³-hybridized carbons (Fsp3) is 0.214. The van der Waals surface area contributed by atoms with E-state index in [-0.39, 0.29) is 5.82 Å². The molecule has 1 N–H and O–H groups in total. The highest BCUT2D eigenvalue weighted by molar-refractivity contribution is 5.63. The second-order valence-electron chi connectivity index (χ2n) is 4.84. The molecule has 1 aromatic carbocycles. The molecule has 100 valence electrons. The summed E-state index contributed by atoms with van der Waals surface area (Å²) in [5, 5.41) is 7.53. The molecule has 4 rings (SSSR count). The first kappa shape index (κ1) is 11.3. The van der Waals surface area contributed by atoms with E-state index in [1.165, 1.54) is 24.0 Å². The molecule has 0 saturated heterocycles. The average molecular weight is 269 g/mol. The van der Waals surface area contributed by atoms with Gasteiger partial charge in [0.15, 0.2) is 0 Å². The van der Waals surface area contributed by atoms with Gasteiger partial charge in [0.2, 0.25) is 0 Å². The molecule has 3 aromatic rings. The maximum atomic E-state index is 13.0. The standard InChI is InChI=1S/C14H12FN5/c15-9-4-6-10(7-5-9)18-13-11-2-1-3-12(11)19-14-16-8-17-20(13)14/h4-8,18H,1-3H2. The number of fused-ring (bicyclic) bond motifs is 2. The van der Waals surface area contributed by atoms with Gasteiger partial charge in [0.05, 0.1) is 5.69 Å². The van der Waals surface area contributed by atoms with Crippen molar-refractivity contribution >= 4 is 17.3 Å². The summed E-state index contributed by atoms with van der Waals surface area (Å²) in [6.45, 7) is 0. The van der Waals surface area contributed by atoms with Crippen LogP contribution in [0.2, 0.25) is 0 Å². The highest BCUT2D eigenvalue weighted by Gasteiger charge is 2.20. The van der Waals surface area contributed by atoms with Crippen molar-refractivity contribution in [3.05, 3.63) is 47.7 Å². The van der Waals surface area contributed by atoms with Crippen molar-refractivity contribution in [2.75, 3.05) is 5.32 Å². The van der Waals surface area contributed by atoms with Crippen LogP contribution in [0.15, 0.2) is 30.6 Å². The molecule has 1 aliphatic rings. The molecular formula is C14H12FN5. The summed E-state index contributed by atoms with van der Waals surface area (Å²) in [4.78, 5) is 8.67. The zero-order chi connectivity index (χ0) is 13.5. The van der Waals surface area contributed by atoms with Gasteiger partial charge in [-0.1, -0.05) is 0 Å². The highest BCUT2D eigenvalue weighted by atomic mass is 19.1. The van der Waals surface area contributed by atoms with Gasteiger partial charge < -0.3 is 5.32 Å². The van der Waals surface area contributed by atoms with Crippen molar-refractivity contribution < 1.29 is 4.39 Å². The molecule has 0 radical (unpaired) electrons. The number of hydrogen-bond acceptors (Lipinski definition) is 4. The SMILES string of the molecule is Fc1ccc(Nc2c3c(nc4ncnn24)CCC3)cc1. The van der Waals surface area contributed by atoms with Crippen molar-refractivity contribution in [1.29, 1.82) is 0 Å². The molecule has 0 aliphatic heterocycles. The summed E-state index contributed by atoms with van der Waals surface area (Å²) < 4.78 is 14.7. The summed E-state index contributed by atoms with van der Waals surface area (Å²) in [6, 6.07) is 6.28. The van der Waals surface area contributed by atoms with Crippen molar-refractivity contribution in [2.45, 2.75) is 19.3 Å². The molecule has 0 fully saturated rings. The molecule has 0 amide bonds. The number of benzene rings is 1. The zero-order valence-corrected chi connectivity index (χ0v) is 10.7. The summed E-state index contributed by atoms with van der Waals surface area (Å²) in [5.74, 6) is 1.23. The van der Waals surface area contributed by atoms with Crippen molar-refractivity contribution in [2.24, 2.45) is 0 Å². The van der Waals surface area contributed by atoms with Crippen LogP contribution < -0.4 is 5.32 Å². The summed E-state index contributed by atoms with van der Waals surface area (Å²) in [6.07, 6.45) is 4.53. The van der Waals surface area contributed by atoms with Gasteiger partial charge in [0.1, 0.15) is 18.0 Å². The number of rotatable bonds is 2. The molecule has 20 heavy (non-hydrogen) atoms. The van der Waals surface area contributed by atoms with Crippen LogP contribution in [0.1, 0.15) is 17.7 Å². The minimum atomic E-state index is -0.249. The van der Waals surface area contributed by atoms with E-state index in [4.69, 9.17) is 0 Å². The van der Waals surface area contributed by atoms with E-state index in [1.54, 1.807) is 16.6 Å². The Balaban J connectivity index is 1.85. The van der Waals surface area contributed by atoms with Gasteiger partial charge in [-0.3, -0.25) is 0 Å². The largest absolute Gasteiger partial charge is 0.340 e. The van der Waals surface area contributed by atoms with Crippen LogP contribution in [0, 0.1) is 5.82 Å². The van der Waals surface area contributed by atoms with E-state index >= 15 is 0 Å². The summed E-state index contributed by atoms with van der Waals surface area (Å²) in [5.41, 5.74) is 3.07. The Labute approximate surface area is 114 Å². The Hall–Kier alpha value is -2.50. The number of halogens is 1. The van der Waals surface area contributed by atoms with Gasteiger partial charge in [-0.15, -0.1) is 0 Å². The molecular weight excluding hydrogens is 257 g/mol. The van der Waals surface area contributed by atoms with Crippen LogP contribution in [-0.2, 0) is 12.8 Å². The van der Waals surface area contributed by atoms with Gasteiger partial charge >= 0.3 is 0 Å². The number of hydrogen-bond donors (Lipinski definition) is 1. The van der Waals surface area contributed by atoms with E-state index in [0.29, 0.717) is 5.78 Å². The molecule has 0 atom stereocenters. The zero-order valence-electron chi connectivity index (χ0n) is 10.7. The lowest BCUT2D eigenvalue weighted by Crippen LogP contribution is -2.06. The van der Waals surface area contributed by atoms with Crippen LogP contribution in [0.25, 0.3) is 5.78 Å². The Morgan fingerprint density at radius 1 is 1.15 bits per heavy atom. The second kappa shape index (κ2) is 4.26. The smallest absolute Gasteiger partial charge is 0.254 e. The molecule has 0 bridgehead atoms. The van der Waals surface area contributed by atoms with E-state index in [9.17, 15) is 4.39 Å². The predicted molar refractivity (Wildman–Crippen MR) is 72.5 cm³/mol. The maximum absolute atomic E-state index is 13.0. The summed E-state index contributed by atoms with van der Waals surface area (Å²) >= 11 is 0. The maximum Gasteiger partial charge on any atom is 0.254 e. The number of aryl methyl sites for hydroxylation is 1. The number of nitrogens with zero attached hydrogens (tertiary/aromatic N) is 4. The van der Waals surface area contributed by atoms with Crippen LogP contribution in [0.5, 0.6) is 0 Å². The average Bonchev–Trinajstić information content (AvgIpc) is 3.09. The number of anilines is 2. The van der Waals surface area contributed by atoms with Crippen LogP contribution in [0.4, 0.5) is 15.9 Å². The minimum Gasteiger partial charge on any atom is -0.340 e. The van der Waals surface area contributed by atoms with Crippen LogP contribution in [0.3, 0.4) is 0 Å². The Kier molecular flexibility index (Phi) is 2.42. The molecule has 0 saturated carbocycles. The van der Waals surface area contributed by atoms with Gasteiger partial charge in [-0.25, -0.2) is 9.37 Å².